The summed E-state index contributed by atoms with van der Waals surface area (Å²) in [4.78, 5) is 26.7. The highest BCUT2D eigenvalue weighted by atomic mass is 35.5. The van der Waals surface area contributed by atoms with Gasteiger partial charge in [-0.05, 0) is 49.1 Å². The average molecular weight is 358 g/mol. The number of carbonyl (C=O) groups is 2. The molecule has 1 heterocycles. The molecule has 0 saturated heterocycles. The quantitative estimate of drug-likeness (QED) is 0.886. The van der Waals surface area contributed by atoms with Gasteiger partial charge in [-0.3, -0.25) is 9.59 Å². The number of halogens is 1. The minimum absolute atomic E-state index is 0. The van der Waals surface area contributed by atoms with Crippen LogP contribution in [-0.2, 0) is 11.2 Å². The molecule has 2 aliphatic rings. The highest BCUT2D eigenvalue weighted by molar-refractivity contribution is 6.08. The summed E-state index contributed by atoms with van der Waals surface area (Å²) in [5.74, 6) is -0.233. The lowest BCUT2D eigenvalue weighted by atomic mass is 10.1. The second-order valence-corrected chi connectivity index (χ2v) is 6.53. The summed E-state index contributed by atoms with van der Waals surface area (Å²) in [6.07, 6.45) is 2.29. The fourth-order valence-electron chi connectivity index (χ4n) is 3.05. The lowest BCUT2D eigenvalue weighted by Crippen LogP contribution is -2.37. The smallest absolute Gasteiger partial charge is 0.258 e. The van der Waals surface area contributed by atoms with Crippen LogP contribution < -0.4 is 16.0 Å². The van der Waals surface area contributed by atoms with Gasteiger partial charge in [-0.25, -0.2) is 0 Å². The molecule has 0 unspecified atom stereocenters. The van der Waals surface area contributed by atoms with E-state index >= 15 is 0 Å². The third-order valence-electron chi connectivity index (χ3n) is 4.74. The molecule has 4 rings (SSSR count). The Bertz CT molecular complexity index is 833. The molecular formula is C19H20ClN3O2. The molecule has 0 atom stereocenters. The number of hydrogen-bond donors (Lipinski definition) is 2. The third kappa shape index (κ3) is 3.25. The van der Waals surface area contributed by atoms with E-state index in [1.807, 2.05) is 18.2 Å². The molecule has 1 aliphatic heterocycles. The first kappa shape index (κ1) is 17.5. The van der Waals surface area contributed by atoms with E-state index in [2.05, 4.69) is 11.4 Å². The summed E-state index contributed by atoms with van der Waals surface area (Å²) in [5.41, 5.74) is 8.50. The van der Waals surface area contributed by atoms with Gasteiger partial charge < -0.3 is 16.0 Å². The molecule has 5 nitrogen and oxygen atoms in total. The first-order valence-electron chi connectivity index (χ1n) is 8.17. The number of para-hydroxylation sites is 1. The molecule has 6 heteroatoms. The van der Waals surface area contributed by atoms with Crippen molar-refractivity contribution in [3.8, 4) is 0 Å². The minimum atomic E-state index is -0.728. The largest absolute Gasteiger partial charge is 0.324 e. The van der Waals surface area contributed by atoms with Gasteiger partial charge in [-0.1, -0.05) is 24.3 Å². The molecule has 1 saturated carbocycles. The van der Waals surface area contributed by atoms with E-state index in [1.54, 1.807) is 29.2 Å². The summed E-state index contributed by atoms with van der Waals surface area (Å²) >= 11 is 0. The van der Waals surface area contributed by atoms with E-state index in [0.29, 0.717) is 30.6 Å². The molecule has 130 valence electrons. The molecule has 1 fully saturated rings. The Morgan fingerprint density at radius 2 is 1.84 bits per heavy atom. The van der Waals surface area contributed by atoms with Crippen LogP contribution in [0.25, 0.3) is 0 Å². The molecular weight excluding hydrogens is 338 g/mol. The van der Waals surface area contributed by atoms with Crippen molar-refractivity contribution in [2.24, 2.45) is 5.73 Å². The van der Waals surface area contributed by atoms with E-state index in [-0.39, 0.29) is 24.2 Å². The Balaban J connectivity index is 0.00000182. The van der Waals surface area contributed by atoms with Crippen LogP contribution in [0.15, 0.2) is 48.5 Å². The SMILES string of the molecule is Cl.NC1(C(=O)Nc2cccc(C(=O)N3CCc4ccccc43)c2)CC1. The molecule has 0 bridgehead atoms. The predicted octanol–water partition coefficient (Wildman–Crippen LogP) is 2.74. The lowest BCUT2D eigenvalue weighted by Gasteiger charge is -2.18. The van der Waals surface area contributed by atoms with Gasteiger partial charge in [0.1, 0.15) is 0 Å². The second-order valence-electron chi connectivity index (χ2n) is 6.53. The zero-order valence-corrected chi connectivity index (χ0v) is 14.5. The molecule has 2 amide bonds. The molecule has 0 radical (unpaired) electrons. The predicted molar refractivity (Wildman–Crippen MR) is 100 cm³/mol. The van der Waals surface area contributed by atoms with Crippen LogP contribution in [0.5, 0.6) is 0 Å². The number of carbonyl (C=O) groups excluding carboxylic acids is 2. The molecule has 2 aromatic carbocycles. The van der Waals surface area contributed by atoms with E-state index in [1.165, 1.54) is 5.56 Å². The maximum Gasteiger partial charge on any atom is 0.258 e. The second kappa shape index (κ2) is 6.50. The maximum absolute atomic E-state index is 12.8. The standard InChI is InChI=1S/C19H19N3O2.ClH/c20-19(9-10-19)18(24)21-15-6-3-5-14(12-15)17(23)22-11-8-13-4-1-2-7-16(13)22;/h1-7,12H,8-11,20H2,(H,21,24);1H. The normalized spacial score (nSPS) is 16.6. The van der Waals surface area contributed by atoms with E-state index in [4.69, 9.17) is 5.73 Å². The number of nitrogens with two attached hydrogens (primary N) is 1. The Kier molecular flexibility index (Phi) is 4.54. The van der Waals surface area contributed by atoms with Crippen molar-refractivity contribution in [3.63, 3.8) is 0 Å². The molecule has 25 heavy (non-hydrogen) atoms. The molecule has 1 aliphatic carbocycles. The summed E-state index contributed by atoms with van der Waals surface area (Å²) in [6.45, 7) is 0.681. The summed E-state index contributed by atoms with van der Waals surface area (Å²) in [7, 11) is 0. The number of fused-ring (bicyclic) bond motifs is 1. The molecule has 2 aromatic rings. The third-order valence-corrected chi connectivity index (χ3v) is 4.74. The summed E-state index contributed by atoms with van der Waals surface area (Å²) in [6, 6.07) is 15.0. The van der Waals surface area contributed by atoms with Crippen LogP contribution in [-0.4, -0.2) is 23.9 Å². The fourth-order valence-corrected chi connectivity index (χ4v) is 3.05. The number of benzene rings is 2. The zero-order valence-electron chi connectivity index (χ0n) is 13.7. The van der Waals surface area contributed by atoms with Crippen molar-refractivity contribution in [2.75, 3.05) is 16.8 Å². The fraction of sp³-hybridized carbons (Fsp3) is 0.263. The van der Waals surface area contributed by atoms with Gasteiger partial charge in [0.05, 0.1) is 5.54 Å². The van der Waals surface area contributed by atoms with E-state index in [0.717, 1.165) is 12.1 Å². The molecule has 0 aromatic heterocycles. The van der Waals surface area contributed by atoms with Crippen molar-refractivity contribution >= 4 is 35.6 Å². The van der Waals surface area contributed by atoms with Crippen LogP contribution in [0, 0.1) is 0 Å². The van der Waals surface area contributed by atoms with Gasteiger partial charge in [0.15, 0.2) is 0 Å². The van der Waals surface area contributed by atoms with Crippen molar-refractivity contribution < 1.29 is 9.59 Å². The van der Waals surface area contributed by atoms with Crippen LogP contribution in [0.2, 0.25) is 0 Å². The van der Waals surface area contributed by atoms with Crippen LogP contribution >= 0.6 is 12.4 Å². The minimum Gasteiger partial charge on any atom is -0.324 e. The number of anilines is 2. The van der Waals surface area contributed by atoms with Crippen molar-refractivity contribution in [1.29, 1.82) is 0 Å². The summed E-state index contributed by atoms with van der Waals surface area (Å²) < 4.78 is 0. The number of rotatable bonds is 3. The first-order valence-corrected chi connectivity index (χ1v) is 8.17. The topological polar surface area (TPSA) is 75.4 Å². The van der Waals surface area contributed by atoms with Crippen molar-refractivity contribution in [3.05, 3.63) is 59.7 Å². The average Bonchev–Trinajstić information content (AvgIpc) is 3.21. The van der Waals surface area contributed by atoms with Gasteiger partial charge >= 0.3 is 0 Å². The monoisotopic (exact) mass is 357 g/mol. The van der Waals surface area contributed by atoms with Gasteiger partial charge in [0.2, 0.25) is 5.91 Å². The number of hydrogen-bond acceptors (Lipinski definition) is 3. The van der Waals surface area contributed by atoms with E-state index in [9.17, 15) is 9.59 Å². The number of nitrogens with zero attached hydrogens (tertiary/aromatic N) is 1. The van der Waals surface area contributed by atoms with Gasteiger partial charge in [0.25, 0.3) is 5.91 Å². The number of nitrogens with one attached hydrogen (secondary N) is 1. The highest BCUT2D eigenvalue weighted by Gasteiger charge is 2.45. The van der Waals surface area contributed by atoms with Crippen molar-refractivity contribution in [1.82, 2.24) is 0 Å². The summed E-state index contributed by atoms with van der Waals surface area (Å²) in [5, 5.41) is 2.81. The van der Waals surface area contributed by atoms with Gasteiger partial charge in [-0.2, -0.15) is 0 Å². The Hall–Kier alpha value is -2.37. The first-order chi connectivity index (χ1) is 11.6. The number of amides is 2. The van der Waals surface area contributed by atoms with Gasteiger partial charge in [0, 0.05) is 23.5 Å². The Morgan fingerprint density at radius 1 is 1.08 bits per heavy atom. The lowest BCUT2D eigenvalue weighted by molar-refractivity contribution is -0.118. The highest BCUT2D eigenvalue weighted by Crippen LogP contribution is 2.33. The van der Waals surface area contributed by atoms with Crippen molar-refractivity contribution in [2.45, 2.75) is 24.8 Å². The maximum atomic E-state index is 12.8. The van der Waals surface area contributed by atoms with Crippen LogP contribution in [0.3, 0.4) is 0 Å². The van der Waals surface area contributed by atoms with Gasteiger partial charge in [-0.15, -0.1) is 12.4 Å². The molecule has 3 N–H and O–H groups in total. The van der Waals surface area contributed by atoms with Crippen LogP contribution in [0.1, 0.15) is 28.8 Å². The Labute approximate surface area is 152 Å². The van der Waals surface area contributed by atoms with Crippen LogP contribution in [0.4, 0.5) is 11.4 Å². The van der Waals surface area contributed by atoms with E-state index < -0.39 is 5.54 Å². The zero-order chi connectivity index (χ0) is 16.7. The Morgan fingerprint density at radius 3 is 2.60 bits per heavy atom. The molecule has 0 spiro atoms.